The van der Waals surface area contributed by atoms with Crippen molar-refractivity contribution in [1.29, 1.82) is 0 Å². The number of nitrogens with zero attached hydrogens (tertiary/aromatic N) is 1. The Bertz CT molecular complexity index is 812. The van der Waals surface area contributed by atoms with Crippen molar-refractivity contribution in [1.82, 2.24) is 10.7 Å². The third-order valence-electron chi connectivity index (χ3n) is 3.51. The SMILES string of the molecule is CCNC(=S)N/N=C\c1cc(Br)c(OCc2cccc(C)c2)c(OCC)c1. The molecule has 0 radical (unpaired) electrons. The average molecular weight is 450 g/mol. The van der Waals surface area contributed by atoms with E-state index in [0.717, 1.165) is 22.1 Å². The minimum absolute atomic E-state index is 0.465. The first-order chi connectivity index (χ1) is 13.0. The molecule has 2 aromatic rings. The molecule has 0 heterocycles. The molecule has 0 aliphatic carbocycles. The van der Waals surface area contributed by atoms with Gasteiger partial charge >= 0.3 is 0 Å². The fraction of sp³-hybridized carbons (Fsp3) is 0.300. The monoisotopic (exact) mass is 449 g/mol. The van der Waals surface area contributed by atoms with Crippen molar-refractivity contribution in [3.05, 3.63) is 57.6 Å². The summed E-state index contributed by atoms with van der Waals surface area (Å²) in [7, 11) is 0. The van der Waals surface area contributed by atoms with Crippen LogP contribution in [0, 0.1) is 6.92 Å². The number of rotatable bonds is 8. The minimum atomic E-state index is 0.465. The molecule has 7 heteroatoms. The predicted octanol–water partition coefficient (Wildman–Crippen LogP) is 4.55. The van der Waals surface area contributed by atoms with Gasteiger partial charge in [0.15, 0.2) is 16.6 Å². The molecule has 27 heavy (non-hydrogen) atoms. The molecule has 0 aliphatic rings. The molecule has 0 saturated heterocycles. The van der Waals surface area contributed by atoms with Crippen LogP contribution in [-0.2, 0) is 6.61 Å². The molecule has 0 amide bonds. The summed E-state index contributed by atoms with van der Waals surface area (Å²) in [6.07, 6.45) is 1.68. The lowest BCUT2D eigenvalue weighted by Crippen LogP contribution is -2.31. The molecule has 0 unspecified atom stereocenters. The van der Waals surface area contributed by atoms with Gasteiger partial charge in [-0.2, -0.15) is 5.10 Å². The quantitative estimate of drug-likeness (QED) is 0.351. The van der Waals surface area contributed by atoms with Crippen LogP contribution in [-0.4, -0.2) is 24.5 Å². The number of ether oxygens (including phenoxy) is 2. The van der Waals surface area contributed by atoms with E-state index in [4.69, 9.17) is 21.7 Å². The van der Waals surface area contributed by atoms with Crippen molar-refractivity contribution in [3.8, 4) is 11.5 Å². The predicted molar refractivity (Wildman–Crippen MR) is 118 cm³/mol. The average Bonchev–Trinajstić information content (AvgIpc) is 2.61. The Labute approximate surface area is 174 Å². The summed E-state index contributed by atoms with van der Waals surface area (Å²) in [6, 6.07) is 12.1. The molecule has 0 fully saturated rings. The molecule has 2 rings (SSSR count). The van der Waals surface area contributed by atoms with Crippen LogP contribution in [0.25, 0.3) is 0 Å². The van der Waals surface area contributed by atoms with Gasteiger partial charge in [0.2, 0.25) is 0 Å². The molecule has 2 N–H and O–H groups in total. The molecule has 0 aliphatic heterocycles. The van der Waals surface area contributed by atoms with Gasteiger partial charge in [0.1, 0.15) is 6.61 Å². The Morgan fingerprint density at radius 1 is 1.22 bits per heavy atom. The van der Waals surface area contributed by atoms with Crippen molar-refractivity contribution in [2.75, 3.05) is 13.2 Å². The molecule has 0 aromatic heterocycles. The number of benzene rings is 2. The van der Waals surface area contributed by atoms with Gasteiger partial charge in [-0.15, -0.1) is 0 Å². The topological polar surface area (TPSA) is 54.9 Å². The van der Waals surface area contributed by atoms with Gasteiger partial charge in [-0.3, -0.25) is 5.43 Å². The van der Waals surface area contributed by atoms with Gasteiger partial charge in [0, 0.05) is 6.54 Å². The number of aryl methyl sites for hydroxylation is 1. The van der Waals surface area contributed by atoms with Crippen molar-refractivity contribution >= 4 is 39.5 Å². The number of nitrogens with one attached hydrogen (secondary N) is 2. The Morgan fingerprint density at radius 3 is 2.74 bits per heavy atom. The van der Waals surface area contributed by atoms with Crippen molar-refractivity contribution in [2.45, 2.75) is 27.4 Å². The molecule has 0 spiro atoms. The molecule has 144 valence electrons. The van der Waals surface area contributed by atoms with Gasteiger partial charge in [-0.25, -0.2) is 0 Å². The van der Waals surface area contributed by atoms with Gasteiger partial charge in [0.25, 0.3) is 0 Å². The maximum Gasteiger partial charge on any atom is 0.186 e. The Kier molecular flexibility index (Phi) is 8.54. The Hall–Kier alpha value is -2.12. The number of halogens is 1. The third kappa shape index (κ3) is 6.84. The molecule has 5 nitrogen and oxygen atoms in total. The lowest BCUT2D eigenvalue weighted by molar-refractivity contribution is 0.267. The second-order valence-electron chi connectivity index (χ2n) is 5.77. The summed E-state index contributed by atoms with van der Waals surface area (Å²) in [6.45, 7) is 7.72. The summed E-state index contributed by atoms with van der Waals surface area (Å²) in [5.74, 6) is 1.34. The molecule has 2 aromatic carbocycles. The Morgan fingerprint density at radius 2 is 2.04 bits per heavy atom. The highest BCUT2D eigenvalue weighted by atomic mass is 79.9. The maximum absolute atomic E-state index is 6.03. The third-order valence-corrected chi connectivity index (χ3v) is 4.34. The number of hydrogen-bond acceptors (Lipinski definition) is 4. The standard InChI is InChI=1S/C20H24BrN3O2S/c1-4-22-20(27)24-23-12-16-10-17(21)19(18(11-16)25-5-2)26-13-15-8-6-7-14(3)9-15/h6-12H,4-5,13H2,1-3H3,(H2,22,24,27)/b23-12-. The molecule has 0 atom stereocenters. The summed E-state index contributed by atoms with van der Waals surface area (Å²) in [4.78, 5) is 0. The van der Waals surface area contributed by atoms with Crippen LogP contribution in [0.15, 0.2) is 46.0 Å². The van der Waals surface area contributed by atoms with Crippen LogP contribution in [0.3, 0.4) is 0 Å². The van der Waals surface area contributed by atoms with E-state index >= 15 is 0 Å². The van der Waals surface area contributed by atoms with Crippen LogP contribution in [0.1, 0.15) is 30.5 Å². The number of hydrazone groups is 1. The van der Waals surface area contributed by atoms with E-state index in [1.165, 1.54) is 5.56 Å². The highest BCUT2D eigenvalue weighted by Gasteiger charge is 2.12. The first-order valence-electron chi connectivity index (χ1n) is 8.75. The van der Waals surface area contributed by atoms with Gasteiger partial charge in [-0.1, -0.05) is 29.8 Å². The first kappa shape index (κ1) is 21.2. The second kappa shape index (κ2) is 10.9. The van der Waals surface area contributed by atoms with Crippen LogP contribution < -0.4 is 20.2 Å². The van der Waals surface area contributed by atoms with Crippen molar-refractivity contribution in [2.24, 2.45) is 5.10 Å². The van der Waals surface area contributed by atoms with E-state index in [-0.39, 0.29) is 0 Å². The second-order valence-corrected chi connectivity index (χ2v) is 7.03. The highest BCUT2D eigenvalue weighted by molar-refractivity contribution is 9.10. The van der Waals surface area contributed by atoms with E-state index < -0.39 is 0 Å². The summed E-state index contributed by atoms with van der Waals surface area (Å²) in [5, 5.41) is 7.59. The highest BCUT2D eigenvalue weighted by Crippen LogP contribution is 2.37. The number of hydrogen-bond donors (Lipinski definition) is 2. The summed E-state index contributed by atoms with van der Waals surface area (Å²) >= 11 is 8.66. The Balaban J connectivity index is 2.15. The lowest BCUT2D eigenvalue weighted by Gasteiger charge is -2.15. The van der Waals surface area contributed by atoms with Crippen molar-refractivity contribution < 1.29 is 9.47 Å². The summed E-state index contributed by atoms with van der Waals surface area (Å²) < 4.78 is 12.6. The van der Waals surface area contributed by atoms with Gasteiger partial charge in [-0.05, 0) is 72.2 Å². The first-order valence-corrected chi connectivity index (χ1v) is 9.95. The molecular formula is C20H24BrN3O2S. The minimum Gasteiger partial charge on any atom is -0.490 e. The normalized spacial score (nSPS) is 10.7. The van der Waals surface area contributed by atoms with Gasteiger partial charge in [0.05, 0.1) is 17.3 Å². The lowest BCUT2D eigenvalue weighted by atomic mass is 10.1. The smallest absolute Gasteiger partial charge is 0.186 e. The molecule has 0 bridgehead atoms. The van der Waals surface area contributed by atoms with E-state index in [0.29, 0.717) is 29.8 Å². The van der Waals surface area contributed by atoms with Crippen LogP contribution in [0.4, 0.5) is 0 Å². The zero-order chi connectivity index (χ0) is 19.6. The fourth-order valence-electron chi connectivity index (χ4n) is 2.39. The van der Waals surface area contributed by atoms with E-state index in [2.05, 4.69) is 50.8 Å². The maximum atomic E-state index is 6.03. The van der Waals surface area contributed by atoms with Crippen LogP contribution in [0.5, 0.6) is 11.5 Å². The fourth-order valence-corrected chi connectivity index (χ4v) is 3.16. The van der Waals surface area contributed by atoms with E-state index in [1.807, 2.05) is 38.1 Å². The van der Waals surface area contributed by atoms with Crippen LogP contribution in [0.2, 0.25) is 0 Å². The zero-order valence-corrected chi connectivity index (χ0v) is 18.1. The van der Waals surface area contributed by atoms with Crippen LogP contribution >= 0.6 is 28.1 Å². The molecule has 0 saturated carbocycles. The van der Waals surface area contributed by atoms with E-state index in [9.17, 15) is 0 Å². The largest absolute Gasteiger partial charge is 0.490 e. The summed E-state index contributed by atoms with van der Waals surface area (Å²) in [5.41, 5.74) is 5.94. The van der Waals surface area contributed by atoms with E-state index in [1.54, 1.807) is 6.21 Å². The number of thiocarbonyl (C=S) groups is 1. The van der Waals surface area contributed by atoms with Crippen molar-refractivity contribution in [3.63, 3.8) is 0 Å². The zero-order valence-electron chi connectivity index (χ0n) is 15.7. The molecular weight excluding hydrogens is 426 g/mol. The van der Waals surface area contributed by atoms with Gasteiger partial charge < -0.3 is 14.8 Å².